The third kappa shape index (κ3) is 42.4. The van der Waals surface area contributed by atoms with Gasteiger partial charge < -0.3 is 20.1 Å². The molecule has 0 radical (unpaired) electrons. The molecule has 0 heterocycles. The Morgan fingerprint density at radius 3 is 1.58 bits per heavy atom. The second-order valence-corrected chi connectivity index (χ2v) is 15.4. The second kappa shape index (κ2) is 41.1. The van der Waals surface area contributed by atoms with Crippen molar-refractivity contribution >= 4 is 19.7 Å². The number of amides is 1. The summed E-state index contributed by atoms with van der Waals surface area (Å²) < 4.78 is 26.8. The van der Waals surface area contributed by atoms with Gasteiger partial charge >= 0.3 is 13.8 Å². The molecule has 0 fully saturated rings. The smallest absolute Gasteiger partial charge is 0.463 e. The van der Waals surface area contributed by atoms with Gasteiger partial charge in [-0.1, -0.05) is 145 Å². The Hall–Kier alpha value is -2.55. The van der Waals surface area contributed by atoms with Gasteiger partial charge in [-0.3, -0.25) is 18.6 Å². The summed E-state index contributed by atoms with van der Waals surface area (Å²) in [5.74, 6) is -0.550. The number of unbranched alkanes of at least 4 members (excludes halogenated alkanes) is 14. The summed E-state index contributed by atoms with van der Waals surface area (Å²) in [4.78, 5) is 33.9. The highest BCUT2D eigenvalue weighted by Gasteiger charge is 2.23. The van der Waals surface area contributed by atoms with E-state index in [0.29, 0.717) is 12.8 Å². The Morgan fingerprint density at radius 2 is 1.04 bits per heavy atom. The first-order chi connectivity index (χ1) is 26.8. The number of phosphoric acid groups is 1. The summed E-state index contributed by atoms with van der Waals surface area (Å²) in [6.07, 6.45) is 49.7. The summed E-state index contributed by atoms with van der Waals surface area (Å²) in [5, 5.41) is 12.7. The van der Waals surface area contributed by atoms with Gasteiger partial charge in [0.25, 0.3) is 0 Å². The maximum absolute atomic E-state index is 12.1. The second-order valence-electron chi connectivity index (χ2n) is 13.9. The quantitative estimate of drug-likeness (QED) is 0.0243. The number of esters is 1. The Morgan fingerprint density at radius 1 is 0.582 bits per heavy atom. The number of hydrogen-bond donors (Lipinski definition) is 3. The molecule has 316 valence electrons. The number of carbonyl (C=O) groups is 2. The van der Waals surface area contributed by atoms with E-state index in [1.165, 1.54) is 38.5 Å². The zero-order valence-corrected chi connectivity index (χ0v) is 35.5. The predicted molar refractivity (Wildman–Crippen MR) is 229 cm³/mol. The molecule has 0 aliphatic rings. The average Bonchev–Trinajstić information content (AvgIpc) is 3.17. The number of aliphatic hydroxyl groups excluding tert-OH is 1. The molecule has 0 aromatic heterocycles. The predicted octanol–water partition coefficient (Wildman–Crippen LogP) is 11.9. The first-order valence-corrected chi connectivity index (χ1v) is 22.9. The SMILES string of the molecule is CC/C=C\C/C=C\C/C=C\C/C=C\C/C=C\CCCCCCCC(=O)OCC(O)COP(=O)(O)OCCNC(=O)CCCCCCC/C=C\CCCCCC. The normalized spacial score (nSPS) is 14.0. The minimum atomic E-state index is -4.43. The van der Waals surface area contributed by atoms with Gasteiger partial charge in [0.2, 0.25) is 5.91 Å². The lowest BCUT2D eigenvalue weighted by Crippen LogP contribution is -2.27. The molecule has 10 heteroatoms. The number of nitrogens with one attached hydrogen (secondary N) is 1. The monoisotopic (exact) mass is 792 g/mol. The van der Waals surface area contributed by atoms with Gasteiger partial charge in [-0.05, 0) is 83.5 Å². The fourth-order valence-electron chi connectivity index (χ4n) is 5.40. The molecule has 9 nitrogen and oxygen atoms in total. The molecule has 0 saturated heterocycles. The third-order valence-electron chi connectivity index (χ3n) is 8.62. The van der Waals surface area contributed by atoms with E-state index in [-0.39, 0.29) is 32.1 Å². The molecule has 0 saturated carbocycles. The van der Waals surface area contributed by atoms with Crippen molar-refractivity contribution in [3.8, 4) is 0 Å². The van der Waals surface area contributed by atoms with Gasteiger partial charge in [0.1, 0.15) is 12.7 Å². The molecule has 0 bridgehead atoms. The molecule has 2 unspecified atom stereocenters. The summed E-state index contributed by atoms with van der Waals surface area (Å²) in [6, 6.07) is 0. The Kier molecular flexibility index (Phi) is 39.2. The van der Waals surface area contributed by atoms with Crippen LogP contribution in [0.4, 0.5) is 0 Å². The topological polar surface area (TPSA) is 131 Å². The number of phosphoric ester groups is 1. The average molecular weight is 792 g/mol. The van der Waals surface area contributed by atoms with E-state index in [0.717, 1.165) is 96.3 Å². The molecule has 0 aliphatic heterocycles. The van der Waals surface area contributed by atoms with E-state index in [9.17, 15) is 24.2 Å². The van der Waals surface area contributed by atoms with Crippen LogP contribution in [0.1, 0.15) is 168 Å². The van der Waals surface area contributed by atoms with E-state index in [2.05, 4.69) is 92.1 Å². The summed E-state index contributed by atoms with van der Waals surface area (Å²) in [7, 11) is -4.43. The van der Waals surface area contributed by atoms with Crippen molar-refractivity contribution in [2.75, 3.05) is 26.4 Å². The van der Waals surface area contributed by atoms with Crippen molar-refractivity contribution < 1.29 is 37.9 Å². The highest BCUT2D eigenvalue weighted by Crippen LogP contribution is 2.42. The van der Waals surface area contributed by atoms with Crippen LogP contribution >= 0.6 is 7.82 Å². The molecule has 2 atom stereocenters. The van der Waals surface area contributed by atoms with Crippen LogP contribution in [0.2, 0.25) is 0 Å². The fourth-order valence-corrected chi connectivity index (χ4v) is 6.16. The molecule has 55 heavy (non-hydrogen) atoms. The highest BCUT2D eigenvalue weighted by molar-refractivity contribution is 7.47. The zero-order chi connectivity index (χ0) is 40.3. The standard InChI is InChI=1S/C45H78NO8P/c1-3-5-7-9-11-13-15-17-18-19-20-21-22-23-24-26-28-30-32-34-36-38-45(49)52-41-43(47)42-54-55(50,51)53-40-39-46-44(48)37-35-33-31-29-27-25-16-14-12-10-8-6-4-2/h5,7,11,13-14,16-18,20-21,23-24,43,47H,3-4,6,8-10,12,15,19,22,25-42H2,1-2H3,(H,46,48)(H,50,51)/b7-5-,13-11-,16-14-,18-17-,21-20-,24-23-. The van der Waals surface area contributed by atoms with Crippen LogP contribution in [0.5, 0.6) is 0 Å². The van der Waals surface area contributed by atoms with Gasteiger partial charge in [0, 0.05) is 19.4 Å². The van der Waals surface area contributed by atoms with Gasteiger partial charge in [-0.25, -0.2) is 4.57 Å². The lowest BCUT2D eigenvalue weighted by molar-refractivity contribution is -0.147. The molecule has 0 aromatic carbocycles. The van der Waals surface area contributed by atoms with Crippen molar-refractivity contribution in [1.82, 2.24) is 5.32 Å². The number of ether oxygens (including phenoxy) is 1. The molecular formula is C45H78NO8P. The molecule has 1 amide bonds. The fraction of sp³-hybridized carbons (Fsp3) is 0.689. The van der Waals surface area contributed by atoms with E-state index in [4.69, 9.17) is 13.8 Å². The zero-order valence-electron chi connectivity index (χ0n) is 34.6. The van der Waals surface area contributed by atoms with Crippen LogP contribution in [-0.2, 0) is 27.9 Å². The van der Waals surface area contributed by atoms with E-state index in [1.54, 1.807) is 0 Å². The Bertz CT molecular complexity index is 1130. The van der Waals surface area contributed by atoms with Crippen LogP contribution in [0, 0.1) is 0 Å². The van der Waals surface area contributed by atoms with E-state index in [1.807, 2.05) is 0 Å². The summed E-state index contributed by atoms with van der Waals surface area (Å²) >= 11 is 0. The first kappa shape index (κ1) is 52.5. The van der Waals surface area contributed by atoms with Gasteiger partial charge in [0.05, 0.1) is 13.2 Å². The maximum Gasteiger partial charge on any atom is 0.472 e. The van der Waals surface area contributed by atoms with Crippen LogP contribution in [0.15, 0.2) is 72.9 Å². The van der Waals surface area contributed by atoms with Gasteiger partial charge in [-0.15, -0.1) is 0 Å². The molecule has 0 aliphatic carbocycles. The van der Waals surface area contributed by atoms with Crippen molar-refractivity contribution in [3.05, 3.63) is 72.9 Å². The van der Waals surface area contributed by atoms with Crippen molar-refractivity contribution in [3.63, 3.8) is 0 Å². The van der Waals surface area contributed by atoms with Gasteiger partial charge in [0.15, 0.2) is 0 Å². The van der Waals surface area contributed by atoms with Gasteiger partial charge in [-0.2, -0.15) is 0 Å². The van der Waals surface area contributed by atoms with E-state index >= 15 is 0 Å². The van der Waals surface area contributed by atoms with Crippen LogP contribution < -0.4 is 5.32 Å². The minimum absolute atomic E-state index is 0.0714. The van der Waals surface area contributed by atoms with Crippen molar-refractivity contribution in [2.24, 2.45) is 0 Å². The lowest BCUT2D eigenvalue weighted by atomic mass is 10.1. The molecular weight excluding hydrogens is 713 g/mol. The van der Waals surface area contributed by atoms with Crippen LogP contribution in [0.25, 0.3) is 0 Å². The highest BCUT2D eigenvalue weighted by atomic mass is 31.2. The number of aliphatic hydroxyl groups is 1. The van der Waals surface area contributed by atoms with Crippen LogP contribution in [0.3, 0.4) is 0 Å². The molecule has 0 spiro atoms. The Balaban J connectivity index is 3.67. The number of carbonyl (C=O) groups excluding carboxylic acids is 2. The number of allylic oxidation sites excluding steroid dienone is 12. The third-order valence-corrected chi connectivity index (χ3v) is 9.60. The van der Waals surface area contributed by atoms with E-state index < -0.39 is 26.5 Å². The van der Waals surface area contributed by atoms with Crippen molar-refractivity contribution in [1.29, 1.82) is 0 Å². The summed E-state index contributed by atoms with van der Waals surface area (Å²) in [6.45, 7) is 3.37. The maximum atomic E-state index is 12.1. The largest absolute Gasteiger partial charge is 0.472 e. The molecule has 0 aromatic rings. The van der Waals surface area contributed by atoms with Crippen molar-refractivity contribution in [2.45, 2.75) is 174 Å². The minimum Gasteiger partial charge on any atom is -0.463 e. The van der Waals surface area contributed by atoms with Crippen LogP contribution in [-0.4, -0.2) is 54.3 Å². The molecule has 3 N–H and O–H groups in total. The first-order valence-electron chi connectivity index (χ1n) is 21.4. The summed E-state index contributed by atoms with van der Waals surface area (Å²) in [5.41, 5.74) is 0. The lowest BCUT2D eigenvalue weighted by Gasteiger charge is -2.15. The Labute approximate surface area is 335 Å². The number of hydrogen-bond acceptors (Lipinski definition) is 7. The molecule has 0 rings (SSSR count). The number of rotatable bonds is 39.